The van der Waals surface area contributed by atoms with Gasteiger partial charge in [0, 0.05) is 11.8 Å². The molecule has 0 atom stereocenters. The van der Waals surface area contributed by atoms with E-state index in [0.717, 1.165) is 11.4 Å². The molecule has 1 heterocycles. The van der Waals surface area contributed by atoms with Crippen molar-refractivity contribution < 1.29 is 19.0 Å². The van der Waals surface area contributed by atoms with Crippen LogP contribution in [0.15, 0.2) is 66.9 Å². The molecule has 3 rings (SSSR count). The van der Waals surface area contributed by atoms with Crippen molar-refractivity contribution in [1.82, 2.24) is 4.98 Å². The van der Waals surface area contributed by atoms with Crippen molar-refractivity contribution in [3.05, 3.63) is 66.9 Å². The van der Waals surface area contributed by atoms with Crippen molar-refractivity contribution in [2.24, 2.45) is 0 Å². The maximum absolute atomic E-state index is 12.1. The van der Waals surface area contributed by atoms with Gasteiger partial charge in [0.15, 0.2) is 18.1 Å². The van der Waals surface area contributed by atoms with Gasteiger partial charge in [-0.3, -0.25) is 4.79 Å². The third-order valence-corrected chi connectivity index (χ3v) is 3.82. The van der Waals surface area contributed by atoms with Crippen molar-refractivity contribution in [3.63, 3.8) is 0 Å². The van der Waals surface area contributed by atoms with Gasteiger partial charge in [0.1, 0.15) is 11.6 Å². The number of benzene rings is 2. The van der Waals surface area contributed by atoms with Gasteiger partial charge in [-0.15, -0.1) is 0 Å². The number of hydrogen-bond donors (Lipinski definition) is 2. The summed E-state index contributed by atoms with van der Waals surface area (Å²) >= 11 is 0. The Morgan fingerprint density at radius 2 is 1.75 bits per heavy atom. The van der Waals surface area contributed by atoms with Crippen LogP contribution in [-0.2, 0) is 4.79 Å². The summed E-state index contributed by atoms with van der Waals surface area (Å²) in [6, 6.07) is 18.2. The molecule has 0 spiro atoms. The molecule has 0 saturated heterocycles. The second kappa shape index (κ2) is 9.27. The third-order valence-electron chi connectivity index (χ3n) is 3.82. The SMILES string of the molecule is COc1cccc(Nc2ccc(NC(=O)COc3ccccc3OC)cn2)c1. The molecule has 2 N–H and O–H groups in total. The molecule has 0 fully saturated rings. The van der Waals surface area contributed by atoms with Gasteiger partial charge in [0.2, 0.25) is 0 Å². The van der Waals surface area contributed by atoms with E-state index in [1.165, 1.54) is 0 Å². The minimum atomic E-state index is -0.291. The number of aromatic nitrogens is 1. The fourth-order valence-electron chi connectivity index (χ4n) is 2.47. The van der Waals surface area contributed by atoms with E-state index in [1.54, 1.807) is 44.7 Å². The van der Waals surface area contributed by atoms with Gasteiger partial charge in [0.25, 0.3) is 5.91 Å². The highest BCUT2D eigenvalue weighted by Gasteiger charge is 2.08. The minimum Gasteiger partial charge on any atom is -0.497 e. The number of methoxy groups -OCH3 is 2. The van der Waals surface area contributed by atoms with Crippen LogP contribution in [0.1, 0.15) is 0 Å². The van der Waals surface area contributed by atoms with Crippen LogP contribution in [0.25, 0.3) is 0 Å². The fourth-order valence-corrected chi connectivity index (χ4v) is 2.47. The number of nitrogens with zero attached hydrogens (tertiary/aromatic N) is 1. The lowest BCUT2D eigenvalue weighted by Gasteiger charge is -2.11. The molecule has 28 heavy (non-hydrogen) atoms. The van der Waals surface area contributed by atoms with E-state index in [-0.39, 0.29) is 12.5 Å². The molecule has 7 heteroatoms. The van der Waals surface area contributed by atoms with Gasteiger partial charge in [-0.1, -0.05) is 18.2 Å². The first kappa shape index (κ1) is 19.0. The summed E-state index contributed by atoms with van der Waals surface area (Å²) in [7, 11) is 3.17. The van der Waals surface area contributed by atoms with Crippen LogP contribution >= 0.6 is 0 Å². The normalized spacial score (nSPS) is 10.1. The summed E-state index contributed by atoms with van der Waals surface area (Å²) in [5.41, 5.74) is 1.43. The zero-order chi connectivity index (χ0) is 19.8. The summed E-state index contributed by atoms with van der Waals surface area (Å²) in [6.45, 7) is -0.135. The number of carbonyl (C=O) groups is 1. The van der Waals surface area contributed by atoms with Crippen LogP contribution in [0.5, 0.6) is 17.2 Å². The predicted molar refractivity (Wildman–Crippen MR) is 108 cm³/mol. The van der Waals surface area contributed by atoms with Crippen LogP contribution in [-0.4, -0.2) is 31.7 Å². The number of rotatable bonds is 8. The molecule has 1 aromatic heterocycles. The monoisotopic (exact) mass is 379 g/mol. The van der Waals surface area contributed by atoms with Crippen LogP contribution in [0.4, 0.5) is 17.2 Å². The molecule has 0 aliphatic carbocycles. The summed E-state index contributed by atoms with van der Waals surface area (Å²) < 4.78 is 15.9. The van der Waals surface area contributed by atoms with Gasteiger partial charge in [-0.25, -0.2) is 4.98 Å². The van der Waals surface area contributed by atoms with E-state index in [2.05, 4.69) is 15.6 Å². The van der Waals surface area contributed by atoms with Gasteiger partial charge < -0.3 is 24.8 Å². The smallest absolute Gasteiger partial charge is 0.262 e. The lowest BCUT2D eigenvalue weighted by atomic mass is 10.3. The van der Waals surface area contributed by atoms with Crippen LogP contribution in [0.2, 0.25) is 0 Å². The molecule has 3 aromatic rings. The molecular weight excluding hydrogens is 358 g/mol. The van der Waals surface area contributed by atoms with Gasteiger partial charge in [0.05, 0.1) is 26.1 Å². The van der Waals surface area contributed by atoms with Crippen LogP contribution < -0.4 is 24.8 Å². The van der Waals surface area contributed by atoms with E-state index >= 15 is 0 Å². The zero-order valence-electron chi connectivity index (χ0n) is 15.6. The molecule has 0 aliphatic heterocycles. The molecule has 0 unspecified atom stereocenters. The molecule has 0 aliphatic rings. The Labute approximate surface area is 163 Å². The van der Waals surface area contributed by atoms with E-state index in [9.17, 15) is 4.79 Å². The Kier molecular flexibility index (Phi) is 6.30. The average Bonchev–Trinajstić information content (AvgIpc) is 2.74. The summed E-state index contributed by atoms with van der Waals surface area (Å²) in [6.07, 6.45) is 1.57. The highest BCUT2D eigenvalue weighted by Crippen LogP contribution is 2.25. The number of amides is 1. The number of anilines is 3. The van der Waals surface area contributed by atoms with Crippen LogP contribution in [0, 0.1) is 0 Å². The number of carbonyl (C=O) groups excluding carboxylic acids is 1. The lowest BCUT2D eigenvalue weighted by Crippen LogP contribution is -2.20. The Morgan fingerprint density at radius 3 is 2.46 bits per heavy atom. The van der Waals surface area contributed by atoms with E-state index < -0.39 is 0 Å². The number of hydrogen-bond acceptors (Lipinski definition) is 6. The van der Waals surface area contributed by atoms with Gasteiger partial charge in [-0.05, 0) is 36.4 Å². The maximum Gasteiger partial charge on any atom is 0.262 e. The Balaban J connectivity index is 1.54. The predicted octanol–water partition coefficient (Wildman–Crippen LogP) is 3.86. The maximum atomic E-state index is 12.1. The second-order valence-electron chi connectivity index (χ2n) is 5.78. The van der Waals surface area contributed by atoms with Crippen molar-refractivity contribution in [3.8, 4) is 17.2 Å². The Bertz CT molecular complexity index is 929. The first-order valence-corrected chi connectivity index (χ1v) is 8.61. The highest BCUT2D eigenvalue weighted by atomic mass is 16.5. The number of pyridine rings is 1. The highest BCUT2D eigenvalue weighted by molar-refractivity contribution is 5.91. The number of nitrogens with one attached hydrogen (secondary N) is 2. The molecule has 0 radical (unpaired) electrons. The van der Waals surface area contributed by atoms with Crippen molar-refractivity contribution in [2.45, 2.75) is 0 Å². The van der Waals surface area contributed by atoms with Gasteiger partial charge >= 0.3 is 0 Å². The second-order valence-corrected chi connectivity index (χ2v) is 5.78. The molecule has 7 nitrogen and oxygen atoms in total. The van der Waals surface area contributed by atoms with Crippen molar-refractivity contribution >= 4 is 23.1 Å². The third kappa shape index (κ3) is 5.14. The largest absolute Gasteiger partial charge is 0.497 e. The Hall–Kier alpha value is -3.74. The average molecular weight is 379 g/mol. The molecule has 0 bridgehead atoms. The molecular formula is C21H21N3O4. The molecule has 2 aromatic carbocycles. The zero-order valence-corrected chi connectivity index (χ0v) is 15.6. The minimum absolute atomic E-state index is 0.135. The molecule has 0 saturated carbocycles. The Morgan fingerprint density at radius 1 is 0.929 bits per heavy atom. The first-order chi connectivity index (χ1) is 13.7. The summed E-state index contributed by atoms with van der Waals surface area (Å²) in [5.74, 6) is 2.20. The first-order valence-electron chi connectivity index (χ1n) is 8.61. The summed E-state index contributed by atoms with van der Waals surface area (Å²) in [4.78, 5) is 16.4. The fraction of sp³-hybridized carbons (Fsp3) is 0.143. The van der Waals surface area contributed by atoms with E-state index in [4.69, 9.17) is 14.2 Å². The van der Waals surface area contributed by atoms with E-state index in [1.807, 2.05) is 36.4 Å². The van der Waals surface area contributed by atoms with Gasteiger partial charge in [-0.2, -0.15) is 0 Å². The topological polar surface area (TPSA) is 81.7 Å². The van der Waals surface area contributed by atoms with Crippen molar-refractivity contribution in [1.29, 1.82) is 0 Å². The summed E-state index contributed by atoms with van der Waals surface area (Å²) in [5, 5.41) is 5.92. The number of ether oxygens (including phenoxy) is 3. The number of para-hydroxylation sites is 2. The van der Waals surface area contributed by atoms with Crippen LogP contribution in [0.3, 0.4) is 0 Å². The standard InChI is InChI=1S/C21H21N3O4/c1-26-17-7-5-6-15(12-17)23-20-11-10-16(13-22-20)24-21(25)14-28-19-9-4-3-8-18(19)27-2/h3-13H,14H2,1-2H3,(H,22,23)(H,24,25). The molecule has 144 valence electrons. The quantitative estimate of drug-likeness (QED) is 0.619. The van der Waals surface area contributed by atoms with E-state index in [0.29, 0.717) is 23.0 Å². The molecule has 1 amide bonds. The lowest BCUT2D eigenvalue weighted by molar-refractivity contribution is -0.118. The van der Waals surface area contributed by atoms with Crippen molar-refractivity contribution in [2.75, 3.05) is 31.5 Å².